The maximum atomic E-state index is 13.6. The van der Waals surface area contributed by atoms with Gasteiger partial charge in [-0.2, -0.15) is 0 Å². The van der Waals surface area contributed by atoms with Gasteiger partial charge in [0, 0.05) is 25.0 Å². The molecule has 116 valence electrons. The van der Waals surface area contributed by atoms with Gasteiger partial charge in [-0.15, -0.1) is 0 Å². The predicted octanol–water partition coefficient (Wildman–Crippen LogP) is 4.92. The van der Waals surface area contributed by atoms with Crippen molar-refractivity contribution in [2.75, 3.05) is 11.9 Å². The predicted molar refractivity (Wildman–Crippen MR) is 85.2 cm³/mol. The van der Waals surface area contributed by atoms with Crippen LogP contribution < -0.4 is 9.64 Å². The molecule has 0 spiro atoms. The van der Waals surface area contributed by atoms with Gasteiger partial charge in [0.05, 0.1) is 11.9 Å². The number of ether oxygens (including phenoxy) is 1. The molecular weight excluding hydrogens is 298 g/mol. The molecule has 0 N–H and O–H groups in total. The van der Waals surface area contributed by atoms with E-state index in [9.17, 15) is 8.78 Å². The summed E-state index contributed by atoms with van der Waals surface area (Å²) < 4.78 is 31.9. The van der Waals surface area contributed by atoms with E-state index < -0.39 is 11.6 Å². The zero-order chi connectivity index (χ0) is 16.2. The normalized spacial score (nSPS) is 10.4. The van der Waals surface area contributed by atoms with E-state index in [2.05, 4.69) is 4.98 Å². The molecule has 0 unspecified atom stereocenters. The van der Waals surface area contributed by atoms with Gasteiger partial charge in [0.2, 0.25) is 0 Å². The van der Waals surface area contributed by atoms with E-state index in [-0.39, 0.29) is 5.75 Å². The lowest BCUT2D eigenvalue weighted by atomic mass is 10.2. The fourth-order valence-electron chi connectivity index (χ4n) is 2.12. The van der Waals surface area contributed by atoms with Gasteiger partial charge in [0.25, 0.3) is 0 Å². The number of hydrogen-bond donors (Lipinski definition) is 0. The van der Waals surface area contributed by atoms with E-state index in [1.54, 1.807) is 24.5 Å². The van der Waals surface area contributed by atoms with Gasteiger partial charge in [-0.3, -0.25) is 4.98 Å². The van der Waals surface area contributed by atoms with E-state index in [1.807, 2.05) is 36.2 Å². The second kappa shape index (κ2) is 6.44. The number of aromatic nitrogens is 1. The molecule has 0 bridgehead atoms. The number of rotatable bonds is 4. The monoisotopic (exact) mass is 312 g/mol. The summed E-state index contributed by atoms with van der Waals surface area (Å²) in [5.74, 6) is -0.913. The third-order valence-corrected chi connectivity index (χ3v) is 3.38. The van der Waals surface area contributed by atoms with E-state index in [4.69, 9.17) is 4.74 Å². The molecule has 1 heterocycles. The van der Waals surface area contributed by atoms with Crippen LogP contribution in [0.2, 0.25) is 0 Å². The maximum Gasteiger partial charge on any atom is 0.168 e. The molecule has 0 saturated carbocycles. The Morgan fingerprint density at radius 2 is 1.74 bits per heavy atom. The van der Waals surface area contributed by atoms with Crippen LogP contribution in [-0.4, -0.2) is 12.0 Å². The van der Waals surface area contributed by atoms with E-state index in [0.717, 1.165) is 23.5 Å². The van der Waals surface area contributed by atoms with Crippen LogP contribution in [0.4, 0.5) is 20.2 Å². The van der Waals surface area contributed by atoms with Crippen LogP contribution in [0, 0.1) is 11.6 Å². The minimum absolute atomic E-state index is 0.0141. The molecule has 2 aromatic carbocycles. The number of halogens is 2. The number of benzene rings is 2. The van der Waals surface area contributed by atoms with Crippen molar-refractivity contribution >= 4 is 11.4 Å². The molecule has 1 aromatic heterocycles. The number of pyridine rings is 1. The van der Waals surface area contributed by atoms with Crippen molar-refractivity contribution in [3.05, 3.63) is 78.6 Å². The molecule has 0 atom stereocenters. The van der Waals surface area contributed by atoms with Crippen LogP contribution in [0.1, 0.15) is 0 Å². The summed E-state index contributed by atoms with van der Waals surface area (Å²) in [5.41, 5.74) is 1.88. The lowest BCUT2D eigenvalue weighted by Crippen LogP contribution is -2.09. The van der Waals surface area contributed by atoms with Crippen LogP contribution in [0.15, 0.2) is 67.0 Å². The molecule has 3 nitrogen and oxygen atoms in total. The number of hydrogen-bond acceptors (Lipinski definition) is 3. The first-order chi connectivity index (χ1) is 11.1. The molecule has 23 heavy (non-hydrogen) atoms. The summed E-state index contributed by atoms with van der Waals surface area (Å²) in [6, 6.07) is 14.2. The zero-order valence-electron chi connectivity index (χ0n) is 12.4. The molecule has 0 saturated heterocycles. The van der Waals surface area contributed by atoms with E-state index in [0.29, 0.717) is 5.75 Å². The second-order valence-corrected chi connectivity index (χ2v) is 4.94. The van der Waals surface area contributed by atoms with Crippen molar-refractivity contribution in [3.63, 3.8) is 0 Å². The summed E-state index contributed by atoms with van der Waals surface area (Å²) in [6.45, 7) is 0. The smallest absolute Gasteiger partial charge is 0.168 e. The van der Waals surface area contributed by atoms with Crippen molar-refractivity contribution in [3.8, 4) is 11.5 Å². The largest absolute Gasteiger partial charge is 0.454 e. The fourth-order valence-corrected chi connectivity index (χ4v) is 2.12. The molecule has 3 rings (SSSR count). The van der Waals surface area contributed by atoms with Crippen molar-refractivity contribution < 1.29 is 13.5 Å². The third-order valence-electron chi connectivity index (χ3n) is 3.38. The average Bonchev–Trinajstić information content (AvgIpc) is 2.58. The van der Waals surface area contributed by atoms with Gasteiger partial charge in [-0.25, -0.2) is 8.78 Å². The van der Waals surface area contributed by atoms with Gasteiger partial charge in [-0.05, 0) is 48.5 Å². The molecule has 0 aliphatic rings. The van der Waals surface area contributed by atoms with Gasteiger partial charge in [0.1, 0.15) is 11.6 Å². The quantitative estimate of drug-likeness (QED) is 0.683. The highest BCUT2D eigenvalue weighted by Crippen LogP contribution is 2.28. The Bertz CT molecular complexity index is 792. The minimum atomic E-state index is -0.735. The van der Waals surface area contributed by atoms with Gasteiger partial charge >= 0.3 is 0 Å². The standard InChI is InChI=1S/C18H14F2N2O/c1-22(15-3-2-10-21-12-15)14-5-7-16(8-6-14)23-18-9-4-13(19)11-17(18)20/h2-12H,1H3. The summed E-state index contributed by atoms with van der Waals surface area (Å²) in [6.07, 6.45) is 3.48. The molecule has 3 aromatic rings. The van der Waals surface area contributed by atoms with Gasteiger partial charge in [0.15, 0.2) is 11.6 Å². The van der Waals surface area contributed by atoms with Crippen molar-refractivity contribution in [1.82, 2.24) is 4.98 Å². The maximum absolute atomic E-state index is 13.6. The third kappa shape index (κ3) is 3.45. The Labute approximate surface area is 132 Å². The SMILES string of the molecule is CN(c1ccc(Oc2ccc(F)cc2F)cc1)c1cccnc1. The fraction of sp³-hybridized carbons (Fsp3) is 0.0556. The Balaban J connectivity index is 1.77. The zero-order valence-corrected chi connectivity index (χ0v) is 12.4. The van der Waals surface area contributed by atoms with Crippen molar-refractivity contribution in [2.24, 2.45) is 0 Å². The van der Waals surface area contributed by atoms with Crippen molar-refractivity contribution in [2.45, 2.75) is 0 Å². The highest BCUT2D eigenvalue weighted by molar-refractivity contribution is 5.62. The molecule has 5 heteroatoms. The van der Waals surface area contributed by atoms with Crippen molar-refractivity contribution in [1.29, 1.82) is 0 Å². The molecule has 0 amide bonds. The van der Waals surface area contributed by atoms with Crippen LogP contribution in [0.25, 0.3) is 0 Å². The lowest BCUT2D eigenvalue weighted by molar-refractivity contribution is 0.438. The van der Waals surface area contributed by atoms with E-state index in [1.165, 1.54) is 6.07 Å². The second-order valence-electron chi connectivity index (χ2n) is 4.94. The Hall–Kier alpha value is -2.95. The van der Waals surface area contributed by atoms with Crippen LogP contribution in [0.3, 0.4) is 0 Å². The summed E-state index contributed by atoms with van der Waals surface area (Å²) in [4.78, 5) is 6.05. The lowest BCUT2D eigenvalue weighted by Gasteiger charge is -2.19. The highest BCUT2D eigenvalue weighted by atomic mass is 19.1. The molecule has 0 fully saturated rings. The summed E-state index contributed by atoms with van der Waals surface area (Å²) in [5, 5.41) is 0. The number of nitrogens with zero attached hydrogens (tertiary/aromatic N) is 2. The summed E-state index contributed by atoms with van der Waals surface area (Å²) >= 11 is 0. The molecule has 0 radical (unpaired) electrons. The molecular formula is C18H14F2N2O. The van der Waals surface area contributed by atoms with Crippen LogP contribution >= 0.6 is 0 Å². The molecule has 0 aliphatic carbocycles. The van der Waals surface area contributed by atoms with Crippen LogP contribution in [-0.2, 0) is 0 Å². The Morgan fingerprint density at radius 3 is 2.39 bits per heavy atom. The van der Waals surface area contributed by atoms with E-state index >= 15 is 0 Å². The minimum Gasteiger partial charge on any atom is -0.454 e. The van der Waals surface area contributed by atoms with Crippen LogP contribution in [0.5, 0.6) is 11.5 Å². The average molecular weight is 312 g/mol. The first kappa shape index (κ1) is 15.0. The Morgan fingerprint density at radius 1 is 0.957 bits per heavy atom. The van der Waals surface area contributed by atoms with Gasteiger partial charge in [-0.1, -0.05) is 0 Å². The first-order valence-electron chi connectivity index (χ1n) is 7.00. The highest BCUT2D eigenvalue weighted by Gasteiger charge is 2.08. The summed E-state index contributed by atoms with van der Waals surface area (Å²) in [7, 11) is 1.92. The Kier molecular flexibility index (Phi) is 4.19. The van der Waals surface area contributed by atoms with Gasteiger partial charge < -0.3 is 9.64 Å². The topological polar surface area (TPSA) is 25.4 Å². The molecule has 0 aliphatic heterocycles. The number of anilines is 2. The first-order valence-corrected chi connectivity index (χ1v) is 7.00.